The van der Waals surface area contributed by atoms with E-state index in [2.05, 4.69) is 0 Å². The van der Waals surface area contributed by atoms with Gasteiger partial charge in [-0.3, -0.25) is 9.78 Å². The van der Waals surface area contributed by atoms with E-state index in [1.807, 2.05) is 24.3 Å². The molecule has 3 N–H and O–H groups in total. The van der Waals surface area contributed by atoms with Gasteiger partial charge in [0, 0.05) is 28.9 Å². The van der Waals surface area contributed by atoms with Crippen molar-refractivity contribution in [1.29, 1.82) is 0 Å². The first-order valence-corrected chi connectivity index (χ1v) is 10.4. The minimum atomic E-state index is -1.13. The van der Waals surface area contributed by atoms with Crippen molar-refractivity contribution in [2.75, 3.05) is 0 Å². The minimum Gasteiger partial charge on any atom is -1.00 e. The molecule has 0 spiro atoms. The Balaban J connectivity index is 0.00000193. The smallest absolute Gasteiger partial charge is 1.00 e. The van der Waals surface area contributed by atoms with E-state index in [9.17, 15) is 19.4 Å². The van der Waals surface area contributed by atoms with Crippen LogP contribution in [0.4, 0.5) is 4.39 Å². The summed E-state index contributed by atoms with van der Waals surface area (Å²) in [6.45, 7) is 0. The first-order valence-electron chi connectivity index (χ1n) is 10.4. The van der Waals surface area contributed by atoms with Gasteiger partial charge in [-0.2, -0.15) is 0 Å². The fourth-order valence-electron chi connectivity index (χ4n) is 3.86. The normalized spacial score (nSPS) is 15.5. The summed E-state index contributed by atoms with van der Waals surface area (Å²) in [6, 6.07) is 14.1. The van der Waals surface area contributed by atoms with Crippen LogP contribution in [0.2, 0.25) is 0 Å². The predicted molar refractivity (Wildman–Crippen MR) is 125 cm³/mol. The topological polar surface area (TPSA) is 90.7 Å². The van der Waals surface area contributed by atoms with Crippen molar-refractivity contribution in [2.45, 2.75) is 43.8 Å². The molecule has 2 atom stereocenters. The van der Waals surface area contributed by atoms with Crippen molar-refractivity contribution < 1.29 is 27.4 Å². The molecule has 1 saturated carbocycles. The number of hydrogen-bond acceptors (Lipinski definition) is 4. The van der Waals surface area contributed by atoms with Crippen LogP contribution < -0.4 is 0 Å². The summed E-state index contributed by atoms with van der Waals surface area (Å²) in [5, 5.41) is 29.9. The largest absolute Gasteiger partial charge is 2.00 e. The van der Waals surface area contributed by atoms with Crippen molar-refractivity contribution in [2.24, 2.45) is 0 Å². The van der Waals surface area contributed by atoms with Gasteiger partial charge >= 0.3 is 43.7 Å². The number of aliphatic hydroxyl groups is 2. The van der Waals surface area contributed by atoms with Crippen molar-refractivity contribution in [1.82, 2.24) is 4.98 Å². The van der Waals surface area contributed by atoms with Crippen LogP contribution in [0.3, 0.4) is 0 Å². The van der Waals surface area contributed by atoms with E-state index in [0.717, 1.165) is 46.1 Å². The zero-order valence-electron chi connectivity index (χ0n) is 19.6. The third-order valence-corrected chi connectivity index (χ3v) is 5.47. The minimum absolute atomic E-state index is 0. The Kier molecular flexibility index (Phi) is 8.42. The van der Waals surface area contributed by atoms with Gasteiger partial charge in [0.15, 0.2) is 0 Å². The van der Waals surface area contributed by atoms with E-state index >= 15 is 0 Å². The molecule has 0 saturated heterocycles. The third-order valence-electron chi connectivity index (χ3n) is 5.47. The first kappa shape index (κ1) is 24.8. The van der Waals surface area contributed by atoms with Crippen LogP contribution in [-0.2, 0) is 4.79 Å². The number of carbonyl (C=O) groups is 1. The fraction of sp³-hybridized carbons (Fsp3) is 0.280. The monoisotopic (exact) mass is 463 g/mol. The second kappa shape index (κ2) is 10.9. The van der Waals surface area contributed by atoms with Crippen LogP contribution in [0.5, 0.6) is 0 Å². The number of aliphatic carboxylic acids is 1. The van der Waals surface area contributed by atoms with E-state index < -0.39 is 24.6 Å². The molecular weight excluding hydrogens is 437 g/mol. The molecule has 0 unspecified atom stereocenters. The molecule has 164 valence electrons. The summed E-state index contributed by atoms with van der Waals surface area (Å²) in [5.41, 5.74) is 4.43. The number of hydrogen-bond donors (Lipinski definition) is 3. The molecule has 1 aromatic heterocycles. The molecule has 0 amide bonds. The second-order valence-corrected chi connectivity index (χ2v) is 8.00. The SMILES string of the molecule is O=C(O)C[C@@H](O)C[C@@H](O)/C=C/c1c(C2CC2)nc2ccccc2c1-c1ccc(F)cc1.[Ca+2].[H-].[H-]. The number of rotatable bonds is 8. The molecule has 1 aliphatic carbocycles. The average molecular weight is 464 g/mol. The molecule has 2 aromatic carbocycles. The zero-order chi connectivity index (χ0) is 22.0. The quantitative estimate of drug-likeness (QED) is 0.432. The summed E-state index contributed by atoms with van der Waals surface area (Å²) >= 11 is 0. The van der Waals surface area contributed by atoms with Crippen molar-refractivity contribution >= 4 is 60.7 Å². The van der Waals surface area contributed by atoms with Crippen LogP contribution >= 0.6 is 0 Å². The van der Waals surface area contributed by atoms with Crippen molar-refractivity contribution in [3.8, 4) is 11.1 Å². The van der Waals surface area contributed by atoms with Crippen LogP contribution in [-0.4, -0.2) is 76.2 Å². The molecule has 0 radical (unpaired) electrons. The average Bonchev–Trinajstić information content (AvgIpc) is 3.56. The number of halogens is 1. The van der Waals surface area contributed by atoms with Gasteiger partial charge in [-0.15, -0.1) is 0 Å². The maximum atomic E-state index is 13.6. The maximum absolute atomic E-state index is 13.6. The van der Waals surface area contributed by atoms with Crippen molar-refractivity contribution in [3.63, 3.8) is 0 Å². The van der Waals surface area contributed by atoms with Gasteiger partial charge in [0.25, 0.3) is 0 Å². The fourth-order valence-corrected chi connectivity index (χ4v) is 3.86. The van der Waals surface area contributed by atoms with Crippen LogP contribution in [0, 0.1) is 5.82 Å². The van der Waals surface area contributed by atoms with Crippen LogP contribution in [0.25, 0.3) is 28.1 Å². The van der Waals surface area contributed by atoms with Gasteiger partial charge in [-0.05, 0) is 36.6 Å². The summed E-state index contributed by atoms with van der Waals surface area (Å²) in [4.78, 5) is 15.6. The number of fused-ring (bicyclic) bond motifs is 1. The summed E-state index contributed by atoms with van der Waals surface area (Å²) in [6.07, 6.45) is 2.80. The van der Waals surface area contributed by atoms with Gasteiger partial charge in [0.1, 0.15) is 5.82 Å². The Labute approximate surface area is 218 Å². The van der Waals surface area contributed by atoms with E-state index in [1.54, 1.807) is 24.3 Å². The van der Waals surface area contributed by atoms with Gasteiger partial charge in [0.2, 0.25) is 0 Å². The third kappa shape index (κ3) is 5.94. The Morgan fingerprint density at radius 3 is 2.50 bits per heavy atom. The van der Waals surface area contributed by atoms with E-state index in [1.165, 1.54) is 12.1 Å². The Morgan fingerprint density at radius 2 is 1.84 bits per heavy atom. The predicted octanol–water partition coefficient (Wildman–Crippen LogP) is 4.36. The first-order chi connectivity index (χ1) is 14.9. The number of carboxylic acids is 1. The summed E-state index contributed by atoms with van der Waals surface area (Å²) in [7, 11) is 0. The molecule has 5 nitrogen and oxygen atoms in total. The molecular formula is C25H26CaFNO4. The van der Waals surface area contributed by atoms with E-state index in [-0.39, 0.29) is 52.8 Å². The number of aromatic nitrogens is 1. The van der Waals surface area contributed by atoms with Gasteiger partial charge < -0.3 is 18.2 Å². The number of para-hydroxylation sites is 1. The molecule has 0 aliphatic heterocycles. The number of benzene rings is 2. The van der Waals surface area contributed by atoms with Gasteiger partial charge in [-0.1, -0.05) is 42.5 Å². The van der Waals surface area contributed by atoms with Crippen LogP contribution in [0.15, 0.2) is 54.6 Å². The number of carboxylic acid groups (broad SMARTS) is 1. The number of aliphatic hydroxyl groups excluding tert-OH is 2. The Morgan fingerprint density at radius 1 is 1.16 bits per heavy atom. The van der Waals surface area contributed by atoms with Gasteiger partial charge in [0.05, 0.1) is 29.8 Å². The molecule has 1 fully saturated rings. The Bertz CT molecular complexity index is 1140. The summed E-state index contributed by atoms with van der Waals surface area (Å²) in [5.74, 6) is -1.10. The molecule has 1 aliphatic rings. The number of pyridine rings is 1. The number of nitrogens with zero attached hydrogens (tertiary/aromatic N) is 1. The van der Waals surface area contributed by atoms with E-state index in [4.69, 9.17) is 10.1 Å². The van der Waals surface area contributed by atoms with Gasteiger partial charge in [-0.25, -0.2) is 4.39 Å². The van der Waals surface area contributed by atoms with E-state index in [0.29, 0.717) is 5.92 Å². The molecule has 0 bridgehead atoms. The van der Waals surface area contributed by atoms with Crippen molar-refractivity contribution in [3.05, 3.63) is 71.7 Å². The van der Waals surface area contributed by atoms with Crippen LogP contribution in [0.1, 0.15) is 45.7 Å². The molecule has 1 heterocycles. The maximum Gasteiger partial charge on any atom is 2.00 e. The Hall–Kier alpha value is -1.83. The molecule has 3 aromatic rings. The molecule has 4 rings (SSSR count). The zero-order valence-corrected chi connectivity index (χ0v) is 19.8. The summed E-state index contributed by atoms with van der Waals surface area (Å²) < 4.78 is 13.6. The second-order valence-electron chi connectivity index (χ2n) is 8.00. The molecule has 32 heavy (non-hydrogen) atoms. The standard InChI is InChI=1S/C25H24FNO4.Ca.2H/c26-17-9-7-15(8-10-17)24-20-3-1-2-4-22(20)27-25(16-5-6-16)21(24)12-11-18(28)13-19(29)14-23(30)31;;;/h1-4,7-12,16,18-19,28-29H,5-6,13-14H2,(H,30,31);;;/q;+2;2*-1/b12-11+;;;/t18-,19-;;;/m0.../s1. The molecule has 7 heteroatoms.